The number of halogens is 4. The average molecular weight is 278 g/mol. The van der Waals surface area contributed by atoms with Crippen molar-refractivity contribution in [3.63, 3.8) is 0 Å². The molecule has 0 unspecified atom stereocenters. The lowest BCUT2D eigenvalue weighted by atomic mass is 9.80. The molecule has 1 N–H and O–H groups in total. The van der Waals surface area contributed by atoms with Crippen molar-refractivity contribution in [2.75, 3.05) is 13.1 Å². The Morgan fingerprint density at radius 1 is 1.39 bits per heavy atom. The fourth-order valence-electron chi connectivity index (χ4n) is 2.84. The zero-order valence-corrected chi connectivity index (χ0v) is 10.1. The second-order valence-corrected chi connectivity index (χ2v) is 5.07. The first kappa shape index (κ1) is 12.3. The number of benzene rings is 1. The molecular formula is C12H11ClF3NO. The van der Waals surface area contributed by atoms with Gasteiger partial charge in [-0.1, -0.05) is 23.7 Å². The molecule has 2 nitrogen and oxygen atoms in total. The third-order valence-electron chi connectivity index (χ3n) is 3.78. The van der Waals surface area contributed by atoms with E-state index < -0.39 is 17.7 Å². The molecule has 0 spiro atoms. The number of fused-ring (bicyclic) bond motifs is 3. The maximum Gasteiger partial charge on any atom is 0.419 e. The first-order valence-electron chi connectivity index (χ1n) is 5.64. The Labute approximate surface area is 107 Å². The Morgan fingerprint density at radius 3 is 2.89 bits per heavy atom. The van der Waals surface area contributed by atoms with E-state index in [2.05, 4.69) is 5.32 Å². The van der Waals surface area contributed by atoms with E-state index in [1.807, 2.05) is 0 Å². The minimum absolute atomic E-state index is 0.0906. The molecule has 1 fully saturated rings. The van der Waals surface area contributed by atoms with E-state index in [0.717, 1.165) is 0 Å². The Morgan fingerprint density at radius 2 is 2.17 bits per heavy atom. The maximum absolute atomic E-state index is 13.3. The standard InChI is InChI=1S/C12H11ClF3NO/c13-10-3-1-2-7-8(10)5-18-11(12(14,15)16)6-17-4-9(7)11/h1-3,9,17H,4-6H2/t9-,11-/m0/s1. The van der Waals surface area contributed by atoms with Crippen LogP contribution in [0.5, 0.6) is 0 Å². The number of nitrogens with one attached hydrogen (secondary N) is 1. The Balaban J connectivity index is 2.13. The molecule has 0 amide bonds. The maximum atomic E-state index is 13.3. The van der Waals surface area contributed by atoms with Gasteiger partial charge in [0.05, 0.1) is 6.61 Å². The summed E-state index contributed by atoms with van der Waals surface area (Å²) >= 11 is 6.01. The van der Waals surface area contributed by atoms with Crippen LogP contribution in [0, 0.1) is 0 Å². The van der Waals surface area contributed by atoms with E-state index in [-0.39, 0.29) is 19.7 Å². The Hall–Kier alpha value is -0.780. The van der Waals surface area contributed by atoms with E-state index in [1.165, 1.54) is 0 Å². The normalized spacial score (nSPS) is 31.0. The molecule has 1 aromatic carbocycles. The Bertz CT molecular complexity index is 491. The molecule has 1 saturated heterocycles. The van der Waals surface area contributed by atoms with Gasteiger partial charge in [-0.05, 0) is 17.2 Å². The topological polar surface area (TPSA) is 21.3 Å². The van der Waals surface area contributed by atoms with Gasteiger partial charge in [-0.15, -0.1) is 0 Å². The van der Waals surface area contributed by atoms with Gasteiger partial charge in [0.1, 0.15) is 0 Å². The van der Waals surface area contributed by atoms with Crippen LogP contribution in [0.15, 0.2) is 18.2 Å². The monoisotopic (exact) mass is 277 g/mol. The van der Waals surface area contributed by atoms with Crippen molar-refractivity contribution in [2.45, 2.75) is 24.3 Å². The summed E-state index contributed by atoms with van der Waals surface area (Å²) < 4.78 is 45.0. The van der Waals surface area contributed by atoms with E-state index in [4.69, 9.17) is 16.3 Å². The lowest BCUT2D eigenvalue weighted by Gasteiger charge is -2.41. The molecule has 0 saturated carbocycles. The van der Waals surface area contributed by atoms with Crippen LogP contribution in [0.1, 0.15) is 17.0 Å². The molecule has 2 aliphatic heterocycles. The SMILES string of the molecule is FC(F)(F)[C@]12CNC[C@H]1c1cccc(Cl)c1CO2. The molecular weight excluding hydrogens is 267 g/mol. The molecule has 1 aromatic rings. The van der Waals surface area contributed by atoms with Gasteiger partial charge in [-0.25, -0.2) is 0 Å². The molecule has 6 heteroatoms. The summed E-state index contributed by atoms with van der Waals surface area (Å²) in [4.78, 5) is 0. The van der Waals surface area contributed by atoms with Crippen LogP contribution in [0.3, 0.4) is 0 Å². The fraction of sp³-hybridized carbons (Fsp3) is 0.500. The van der Waals surface area contributed by atoms with Gasteiger partial charge >= 0.3 is 6.18 Å². The predicted octanol–water partition coefficient (Wildman–Crippen LogP) is 2.86. The highest BCUT2D eigenvalue weighted by Gasteiger charge is 2.64. The number of alkyl halides is 3. The first-order valence-corrected chi connectivity index (χ1v) is 6.02. The van der Waals surface area contributed by atoms with Crippen molar-refractivity contribution < 1.29 is 17.9 Å². The summed E-state index contributed by atoms with van der Waals surface area (Å²) in [5.74, 6) is -0.722. The van der Waals surface area contributed by atoms with Crippen molar-refractivity contribution in [1.82, 2.24) is 5.32 Å². The number of hydrogen-bond donors (Lipinski definition) is 1. The van der Waals surface area contributed by atoms with Crippen LogP contribution in [-0.4, -0.2) is 24.9 Å². The highest BCUT2D eigenvalue weighted by Crippen LogP contribution is 2.51. The van der Waals surface area contributed by atoms with Crippen LogP contribution in [0.4, 0.5) is 13.2 Å². The second-order valence-electron chi connectivity index (χ2n) is 4.67. The molecule has 0 aliphatic carbocycles. The molecule has 0 bridgehead atoms. The van der Waals surface area contributed by atoms with Gasteiger partial charge in [0.15, 0.2) is 5.60 Å². The third-order valence-corrected chi connectivity index (χ3v) is 4.14. The predicted molar refractivity (Wildman–Crippen MR) is 60.6 cm³/mol. The van der Waals surface area contributed by atoms with Crippen molar-refractivity contribution in [1.29, 1.82) is 0 Å². The van der Waals surface area contributed by atoms with Gasteiger partial charge in [-0.3, -0.25) is 0 Å². The summed E-state index contributed by atoms with van der Waals surface area (Å²) in [5, 5.41) is 3.25. The van der Waals surface area contributed by atoms with Crippen molar-refractivity contribution in [3.05, 3.63) is 34.3 Å². The average Bonchev–Trinajstić information content (AvgIpc) is 2.74. The number of rotatable bonds is 0. The van der Waals surface area contributed by atoms with E-state index in [9.17, 15) is 13.2 Å². The fourth-order valence-corrected chi connectivity index (χ4v) is 3.07. The highest BCUT2D eigenvalue weighted by atomic mass is 35.5. The van der Waals surface area contributed by atoms with Gasteiger partial charge in [-0.2, -0.15) is 13.2 Å². The van der Waals surface area contributed by atoms with E-state index >= 15 is 0 Å². The van der Waals surface area contributed by atoms with Crippen LogP contribution in [-0.2, 0) is 11.3 Å². The Kier molecular flexibility index (Phi) is 2.63. The molecule has 18 heavy (non-hydrogen) atoms. The van der Waals surface area contributed by atoms with Crippen molar-refractivity contribution in [2.24, 2.45) is 0 Å². The van der Waals surface area contributed by atoms with Crippen molar-refractivity contribution >= 4 is 11.6 Å². The molecule has 0 aromatic heterocycles. The second kappa shape index (κ2) is 3.85. The minimum Gasteiger partial charge on any atom is -0.359 e. The van der Waals surface area contributed by atoms with E-state index in [1.54, 1.807) is 18.2 Å². The van der Waals surface area contributed by atoms with Crippen LogP contribution < -0.4 is 5.32 Å². The number of ether oxygens (including phenoxy) is 1. The smallest absolute Gasteiger partial charge is 0.359 e. The van der Waals surface area contributed by atoms with Gasteiger partial charge in [0, 0.05) is 24.0 Å². The lowest BCUT2D eigenvalue weighted by molar-refractivity contribution is -0.283. The van der Waals surface area contributed by atoms with Crippen LogP contribution in [0.2, 0.25) is 5.02 Å². The summed E-state index contributed by atoms with van der Waals surface area (Å²) in [7, 11) is 0. The third kappa shape index (κ3) is 1.51. The summed E-state index contributed by atoms with van der Waals surface area (Å²) in [6.07, 6.45) is -4.39. The van der Waals surface area contributed by atoms with Crippen LogP contribution >= 0.6 is 11.6 Å². The zero-order chi connectivity index (χ0) is 13.0. The quantitative estimate of drug-likeness (QED) is 0.787. The summed E-state index contributed by atoms with van der Waals surface area (Å²) in [6.45, 7) is -0.0351. The summed E-state index contributed by atoms with van der Waals surface area (Å²) in [6, 6.07) is 5.07. The summed E-state index contributed by atoms with van der Waals surface area (Å²) in [5.41, 5.74) is -0.783. The molecule has 3 rings (SSSR count). The molecule has 2 atom stereocenters. The molecule has 98 valence electrons. The minimum atomic E-state index is -4.39. The molecule has 2 heterocycles. The molecule has 0 radical (unpaired) electrons. The van der Waals surface area contributed by atoms with Gasteiger partial charge in [0.2, 0.25) is 0 Å². The lowest BCUT2D eigenvalue weighted by Crippen LogP contribution is -2.54. The van der Waals surface area contributed by atoms with Gasteiger partial charge in [0.25, 0.3) is 0 Å². The van der Waals surface area contributed by atoms with E-state index in [0.29, 0.717) is 16.1 Å². The van der Waals surface area contributed by atoms with Crippen LogP contribution in [0.25, 0.3) is 0 Å². The zero-order valence-electron chi connectivity index (χ0n) is 9.35. The van der Waals surface area contributed by atoms with Gasteiger partial charge < -0.3 is 10.1 Å². The molecule has 2 aliphatic rings. The van der Waals surface area contributed by atoms with Crippen molar-refractivity contribution in [3.8, 4) is 0 Å². The highest BCUT2D eigenvalue weighted by molar-refractivity contribution is 6.31. The number of hydrogen-bond acceptors (Lipinski definition) is 2. The largest absolute Gasteiger partial charge is 0.419 e. The first-order chi connectivity index (χ1) is 8.46.